The average molecular weight is 562 g/mol. The zero-order chi connectivity index (χ0) is 27.9. The molecule has 0 radical (unpaired) electrons. The summed E-state index contributed by atoms with van der Waals surface area (Å²) in [5.41, 5.74) is -0.158. The summed E-state index contributed by atoms with van der Waals surface area (Å²) in [7, 11) is 0. The van der Waals surface area contributed by atoms with E-state index in [1.807, 2.05) is 0 Å². The van der Waals surface area contributed by atoms with E-state index in [1.165, 1.54) is 37.5 Å². The number of rotatable bonds is 7. The molecule has 206 valence electrons. The predicted octanol–water partition coefficient (Wildman–Crippen LogP) is 5.41. The molecule has 3 aromatic carbocycles. The fourth-order valence-corrected chi connectivity index (χ4v) is 5.89. The van der Waals surface area contributed by atoms with Gasteiger partial charge in [0.2, 0.25) is 11.9 Å². The number of aliphatic hydroxyl groups is 1. The van der Waals surface area contributed by atoms with Crippen LogP contribution < -0.4 is 10.2 Å². The summed E-state index contributed by atoms with van der Waals surface area (Å²) < 4.78 is 15.2. The van der Waals surface area contributed by atoms with Crippen molar-refractivity contribution >= 4 is 46.1 Å². The maximum Gasteiger partial charge on any atom is 0.261 e. The van der Waals surface area contributed by atoms with E-state index < -0.39 is 17.4 Å². The molecule has 0 aliphatic carbocycles. The number of likely N-dealkylation sites (tertiary alicyclic amines) is 1. The second kappa shape index (κ2) is 10.6. The zero-order valence-corrected chi connectivity index (χ0v) is 22.5. The average Bonchev–Trinajstić information content (AvgIpc) is 3.46. The number of benzene rings is 3. The maximum absolute atomic E-state index is 15.2. The molecular weight excluding hydrogens is 533 g/mol. The lowest BCUT2D eigenvalue weighted by Crippen LogP contribution is -2.45. The molecule has 2 amide bonds. The topological polar surface area (TPSA) is 102 Å². The fraction of sp³-hybridized carbons (Fsp3) is 0.300. The predicted molar refractivity (Wildman–Crippen MR) is 152 cm³/mol. The number of fused-ring (bicyclic) bond motifs is 2. The van der Waals surface area contributed by atoms with Crippen LogP contribution in [-0.2, 0) is 10.5 Å². The summed E-state index contributed by atoms with van der Waals surface area (Å²) in [4.78, 5) is 37.1. The Morgan fingerprint density at radius 1 is 1.10 bits per heavy atom. The Balaban J connectivity index is 1.28. The van der Waals surface area contributed by atoms with E-state index in [2.05, 4.69) is 20.2 Å². The van der Waals surface area contributed by atoms with Crippen molar-refractivity contribution in [3.63, 3.8) is 0 Å². The molecule has 0 bridgehead atoms. The van der Waals surface area contributed by atoms with Crippen LogP contribution in [0.2, 0.25) is 5.02 Å². The highest BCUT2D eigenvalue weighted by atomic mass is 35.5. The molecule has 10 heteroatoms. The van der Waals surface area contributed by atoms with Gasteiger partial charge in [-0.15, -0.1) is 0 Å². The third-order valence-corrected chi connectivity index (χ3v) is 7.99. The van der Waals surface area contributed by atoms with E-state index in [0.29, 0.717) is 34.5 Å². The molecule has 6 rings (SSSR count). The van der Waals surface area contributed by atoms with Gasteiger partial charge in [0.1, 0.15) is 0 Å². The first kappa shape index (κ1) is 26.4. The Kier molecular flexibility index (Phi) is 7.04. The maximum atomic E-state index is 15.2. The highest BCUT2D eigenvalue weighted by Crippen LogP contribution is 2.46. The van der Waals surface area contributed by atoms with Crippen molar-refractivity contribution in [3.8, 4) is 0 Å². The summed E-state index contributed by atoms with van der Waals surface area (Å²) in [6.45, 7) is 3.09. The van der Waals surface area contributed by atoms with Crippen LogP contribution in [0.3, 0.4) is 0 Å². The number of aromatic nitrogens is 2. The van der Waals surface area contributed by atoms with Crippen molar-refractivity contribution in [2.75, 3.05) is 29.9 Å². The Morgan fingerprint density at radius 2 is 1.90 bits per heavy atom. The molecule has 1 unspecified atom stereocenters. The standard InChI is InChI=1S/C30H29ClFN5O3/c31-22-10-6-11-25(27(22)32)37-28(39)20-8-2-3-9-21(20)30(37,40)19-13-14-23-24(18-19)34-29(33-23)35-26(38)12-7-17-36-15-4-1-5-16-36/h2-3,6,8-11,13-14,18,40H,1,4-5,7,12,15-17H2,(H2,33,34,35,38). The van der Waals surface area contributed by atoms with Crippen molar-refractivity contribution in [2.45, 2.75) is 37.8 Å². The highest BCUT2D eigenvalue weighted by Gasteiger charge is 2.51. The van der Waals surface area contributed by atoms with Crippen LogP contribution in [-0.4, -0.2) is 51.4 Å². The molecule has 0 spiro atoms. The second-order valence-corrected chi connectivity index (χ2v) is 10.7. The molecule has 2 aliphatic heterocycles. The third kappa shape index (κ3) is 4.64. The molecule has 1 atom stereocenters. The number of carbonyl (C=O) groups excluding carboxylic acids is 2. The van der Waals surface area contributed by atoms with Gasteiger partial charge >= 0.3 is 0 Å². The summed E-state index contributed by atoms with van der Waals surface area (Å²) in [5, 5.41) is 14.9. The van der Waals surface area contributed by atoms with Gasteiger partial charge in [0.05, 0.1) is 21.7 Å². The van der Waals surface area contributed by atoms with Gasteiger partial charge in [0.25, 0.3) is 5.91 Å². The van der Waals surface area contributed by atoms with Crippen LogP contribution in [0.4, 0.5) is 16.0 Å². The van der Waals surface area contributed by atoms with Gasteiger partial charge in [-0.25, -0.2) is 9.37 Å². The molecule has 1 saturated heterocycles. The Bertz CT molecular complexity index is 1600. The van der Waals surface area contributed by atoms with Crippen LogP contribution in [0.5, 0.6) is 0 Å². The quantitative estimate of drug-likeness (QED) is 0.280. The zero-order valence-electron chi connectivity index (χ0n) is 21.8. The second-order valence-electron chi connectivity index (χ2n) is 10.3. The minimum Gasteiger partial charge on any atom is -0.363 e. The smallest absolute Gasteiger partial charge is 0.261 e. The Labute approximate surface area is 235 Å². The number of hydrogen-bond donors (Lipinski definition) is 3. The number of carbonyl (C=O) groups is 2. The number of imidazole rings is 1. The molecule has 2 aliphatic rings. The number of halogens is 2. The van der Waals surface area contributed by atoms with Gasteiger partial charge in [0.15, 0.2) is 11.5 Å². The molecule has 1 aromatic heterocycles. The minimum atomic E-state index is -2.02. The number of aromatic amines is 1. The first-order valence-electron chi connectivity index (χ1n) is 13.5. The van der Waals surface area contributed by atoms with Crippen molar-refractivity contribution in [1.29, 1.82) is 0 Å². The van der Waals surface area contributed by atoms with Gasteiger partial charge in [0, 0.05) is 23.1 Å². The summed E-state index contributed by atoms with van der Waals surface area (Å²) in [6, 6.07) is 15.9. The molecule has 40 heavy (non-hydrogen) atoms. The first-order chi connectivity index (χ1) is 19.4. The van der Waals surface area contributed by atoms with Crippen molar-refractivity contribution in [2.24, 2.45) is 0 Å². The third-order valence-electron chi connectivity index (χ3n) is 7.70. The van der Waals surface area contributed by atoms with Crippen LogP contribution in [0.25, 0.3) is 11.0 Å². The van der Waals surface area contributed by atoms with E-state index in [9.17, 15) is 14.7 Å². The first-order valence-corrected chi connectivity index (χ1v) is 13.9. The van der Waals surface area contributed by atoms with Crippen molar-refractivity contribution in [3.05, 3.63) is 88.2 Å². The van der Waals surface area contributed by atoms with Gasteiger partial charge in [-0.3, -0.25) is 19.8 Å². The van der Waals surface area contributed by atoms with Gasteiger partial charge in [-0.05, 0) is 69.2 Å². The molecule has 3 N–H and O–H groups in total. The van der Waals surface area contributed by atoms with Crippen LogP contribution in [0.1, 0.15) is 53.6 Å². The van der Waals surface area contributed by atoms with Gasteiger partial charge in [-0.2, -0.15) is 0 Å². The lowest BCUT2D eigenvalue weighted by atomic mass is 9.93. The Morgan fingerprint density at radius 3 is 2.73 bits per heavy atom. The number of nitrogens with one attached hydrogen (secondary N) is 2. The molecule has 8 nitrogen and oxygen atoms in total. The molecule has 3 heterocycles. The van der Waals surface area contributed by atoms with Crippen molar-refractivity contribution < 1.29 is 19.1 Å². The van der Waals surface area contributed by atoms with Crippen molar-refractivity contribution in [1.82, 2.24) is 14.9 Å². The number of hydrogen-bond acceptors (Lipinski definition) is 5. The molecule has 4 aromatic rings. The van der Waals surface area contributed by atoms with E-state index in [4.69, 9.17) is 11.6 Å². The number of amides is 2. The molecular formula is C30H29ClFN5O3. The number of nitrogens with zero attached hydrogens (tertiary/aromatic N) is 3. The largest absolute Gasteiger partial charge is 0.363 e. The SMILES string of the molecule is O=C(CCCN1CCCCC1)Nc1nc2ccc(C3(O)c4ccccc4C(=O)N3c3cccc(Cl)c3F)cc2[nH]1. The number of anilines is 2. The Hall–Kier alpha value is -3.79. The molecule has 0 saturated carbocycles. The van der Waals surface area contributed by atoms with E-state index in [1.54, 1.807) is 42.5 Å². The summed E-state index contributed by atoms with van der Waals surface area (Å²) in [5.74, 6) is -1.20. The van der Waals surface area contributed by atoms with Crippen LogP contribution >= 0.6 is 11.6 Å². The van der Waals surface area contributed by atoms with Crippen LogP contribution in [0, 0.1) is 5.82 Å². The lowest BCUT2D eigenvalue weighted by molar-refractivity contribution is -0.116. The number of H-pyrrole nitrogens is 1. The highest BCUT2D eigenvalue weighted by molar-refractivity contribution is 6.31. The van der Waals surface area contributed by atoms with E-state index >= 15 is 4.39 Å². The van der Waals surface area contributed by atoms with Gasteiger partial charge < -0.3 is 15.0 Å². The van der Waals surface area contributed by atoms with E-state index in [-0.39, 0.29) is 22.2 Å². The summed E-state index contributed by atoms with van der Waals surface area (Å²) in [6.07, 6.45) is 4.87. The normalized spacial score (nSPS) is 19.3. The number of piperidine rings is 1. The van der Waals surface area contributed by atoms with Crippen LogP contribution in [0.15, 0.2) is 60.7 Å². The molecule has 1 fully saturated rings. The summed E-state index contributed by atoms with van der Waals surface area (Å²) >= 11 is 6.04. The lowest BCUT2D eigenvalue weighted by Gasteiger charge is -2.35. The van der Waals surface area contributed by atoms with E-state index in [0.717, 1.165) is 31.0 Å². The monoisotopic (exact) mass is 561 g/mol. The minimum absolute atomic E-state index is 0.132. The van der Waals surface area contributed by atoms with Gasteiger partial charge in [-0.1, -0.05) is 48.4 Å². The fourth-order valence-electron chi connectivity index (χ4n) is 5.72.